The maximum Gasteiger partial charge on any atom is 0.331 e. The molecule has 2 N–H and O–H groups in total. The number of amides is 2. The fourth-order valence-electron chi connectivity index (χ4n) is 4.81. The number of rotatable bonds is 5. The van der Waals surface area contributed by atoms with E-state index in [4.69, 9.17) is 0 Å². The Hall–Kier alpha value is -2.25. The summed E-state index contributed by atoms with van der Waals surface area (Å²) in [5, 5.41) is 3.05. The molecule has 2 amide bonds. The van der Waals surface area contributed by atoms with Crippen molar-refractivity contribution in [2.24, 2.45) is 0 Å². The lowest BCUT2D eigenvalue weighted by Gasteiger charge is -2.38. The van der Waals surface area contributed by atoms with Crippen LogP contribution < -0.4 is 10.0 Å². The highest BCUT2D eigenvalue weighted by Gasteiger charge is 2.33. The minimum Gasteiger partial charge on any atom is -0.307 e. The Morgan fingerprint density at radius 3 is 2.38 bits per heavy atom. The number of aryl methyl sites for hydroxylation is 2. The van der Waals surface area contributed by atoms with Crippen molar-refractivity contribution < 1.29 is 9.00 Å². The number of anilines is 1. The number of pyridine rings is 1. The molecule has 1 aromatic heterocycles. The first-order valence-electron chi connectivity index (χ1n) is 10.4. The van der Waals surface area contributed by atoms with Gasteiger partial charge >= 0.3 is 6.03 Å². The molecule has 1 aliphatic heterocycles. The summed E-state index contributed by atoms with van der Waals surface area (Å²) >= 11 is 0. The van der Waals surface area contributed by atoms with Crippen molar-refractivity contribution in [2.75, 3.05) is 18.4 Å². The third-order valence-corrected chi connectivity index (χ3v) is 7.58. The summed E-state index contributed by atoms with van der Waals surface area (Å²) < 4.78 is 15.3. The van der Waals surface area contributed by atoms with Gasteiger partial charge in [-0.15, -0.1) is 0 Å². The van der Waals surface area contributed by atoms with E-state index in [-0.39, 0.29) is 11.3 Å². The molecule has 1 atom stereocenters. The van der Waals surface area contributed by atoms with Crippen molar-refractivity contribution in [3.63, 3.8) is 0 Å². The number of nitrogens with one attached hydrogen (secondary N) is 2. The molecule has 2 aromatic rings. The van der Waals surface area contributed by atoms with Gasteiger partial charge in [-0.25, -0.2) is 9.00 Å². The monoisotopic (exact) mass is 410 g/mol. The summed E-state index contributed by atoms with van der Waals surface area (Å²) in [5.74, 6) is 0. The van der Waals surface area contributed by atoms with Crippen LogP contribution in [0.2, 0.25) is 0 Å². The number of carbonyl (C=O) groups is 1. The van der Waals surface area contributed by atoms with Crippen LogP contribution in [-0.2, 0) is 43.2 Å². The van der Waals surface area contributed by atoms with E-state index < -0.39 is 11.0 Å². The highest BCUT2D eigenvalue weighted by atomic mass is 32.2. The molecule has 7 heteroatoms. The second-order valence-electron chi connectivity index (χ2n) is 8.26. The van der Waals surface area contributed by atoms with Crippen LogP contribution in [0.15, 0.2) is 30.6 Å². The predicted molar refractivity (Wildman–Crippen MR) is 114 cm³/mol. The normalized spacial score (nSPS) is 19.3. The lowest BCUT2D eigenvalue weighted by molar-refractivity contribution is 0.178. The minimum absolute atomic E-state index is 0.0187. The Kier molecular flexibility index (Phi) is 5.09. The first-order chi connectivity index (χ1) is 14.2. The van der Waals surface area contributed by atoms with Crippen molar-refractivity contribution in [1.29, 1.82) is 0 Å². The van der Waals surface area contributed by atoms with Crippen LogP contribution in [0, 0.1) is 0 Å². The number of benzene rings is 1. The van der Waals surface area contributed by atoms with E-state index in [1.807, 2.05) is 12.1 Å². The number of urea groups is 1. The fourth-order valence-corrected chi connectivity index (χ4v) is 5.91. The number of fused-ring (bicyclic) bond motifs is 2. The average Bonchev–Trinajstić information content (AvgIpc) is 3.34. The number of hydrogen-bond donors (Lipinski definition) is 2. The van der Waals surface area contributed by atoms with Gasteiger partial charge in [0.1, 0.15) is 11.0 Å². The minimum atomic E-state index is -1.37. The molecule has 1 fully saturated rings. The first kappa shape index (κ1) is 18.8. The Bertz CT molecular complexity index is 925. The molecule has 0 saturated carbocycles. The van der Waals surface area contributed by atoms with Crippen LogP contribution in [0.5, 0.6) is 0 Å². The maximum atomic E-state index is 12.6. The van der Waals surface area contributed by atoms with Crippen molar-refractivity contribution in [2.45, 2.75) is 50.3 Å². The molecule has 0 radical (unpaired) electrons. The third kappa shape index (κ3) is 3.81. The van der Waals surface area contributed by atoms with E-state index in [1.54, 1.807) is 12.4 Å². The standard InChI is InChI=1S/C22H26N4O2S/c27-22(24-21-19-5-1-3-16(19)11-17-4-2-6-20(17)21)25-29(28)18-13-26(14-18)12-15-7-9-23-10-8-15/h7-11,18H,1-6,12-14H2,(H2,24,25,27). The van der Waals surface area contributed by atoms with E-state index in [9.17, 15) is 9.00 Å². The molecule has 5 rings (SSSR count). The molecule has 0 spiro atoms. The third-order valence-electron chi connectivity index (χ3n) is 6.29. The molecular formula is C22H26N4O2S. The van der Waals surface area contributed by atoms with Gasteiger partial charge in [0, 0.05) is 37.7 Å². The topological polar surface area (TPSA) is 74.3 Å². The molecule has 1 aromatic carbocycles. The molecule has 152 valence electrons. The van der Waals surface area contributed by atoms with Gasteiger partial charge in [-0.1, -0.05) is 6.07 Å². The molecule has 29 heavy (non-hydrogen) atoms. The van der Waals surface area contributed by atoms with Crippen LogP contribution in [0.1, 0.15) is 40.7 Å². The zero-order chi connectivity index (χ0) is 19.8. The van der Waals surface area contributed by atoms with E-state index >= 15 is 0 Å². The molecule has 2 aliphatic carbocycles. The Balaban J connectivity index is 1.18. The van der Waals surface area contributed by atoms with Crippen LogP contribution in [-0.4, -0.2) is 38.5 Å². The maximum absolute atomic E-state index is 12.6. The molecule has 1 saturated heterocycles. The second kappa shape index (κ2) is 7.88. The van der Waals surface area contributed by atoms with E-state index in [1.165, 1.54) is 27.8 Å². The highest BCUT2D eigenvalue weighted by molar-refractivity contribution is 7.84. The second-order valence-corrected chi connectivity index (χ2v) is 9.72. The predicted octanol–water partition coefficient (Wildman–Crippen LogP) is 2.73. The Labute approximate surface area is 173 Å². The zero-order valence-electron chi connectivity index (χ0n) is 16.4. The quantitative estimate of drug-likeness (QED) is 0.795. The summed E-state index contributed by atoms with van der Waals surface area (Å²) in [6.07, 6.45) is 10.1. The molecule has 2 heterocycles. The number of hydrogen-bond acceptors (Lipinski definition) is 4. The van der Waals surface area contributed by atoms with Crippen molar-refractivity contribution in [3.8, 4) is 0 Å². The summed E-state index contributed by atoms with van der Waals surface area (Å²) in [4.78, 5) is 18.9. The average molecular weight is 411 g/mol. The number of nitrogens with zero attached hydrogens (tertiary/aromatic N) is 2. The van der Waals surface area contributed by atoms with E-state index in [0.29, 0.717) is 0 Å². The first-order valence-corrected chi connectivity index (χ1v) is 11.6. The van der Waals surface area contributed by atoms with Crippen LogP contribution >= 0.6 is 0 Å². The Morgan fingerprint density at radius 2 is 1.72 bits per heavy atom. The number of likely N-dealkylation sites (tertiary alicyclic amines) is 1. The lowest BCUT2D eigenvalue weighted by Crippen LogP contribution is -2.55. The molecule has 6 nitrogen and oxygen atoms in total. The highest BCUT2D eigenvalue weighted by Crippen LogP contribution is 2.38. The SMILES string of the molecule is O=C(Nc1c2c(cc3c1CCC3)CCC2)NS(=O)C1CN(Cc2ccncc2)C1. The van der Waals surface area contributed by atoms with Gasteiger partial charge < -0.3 is 5.32 Å². The van der Waals surface area contributed by atoms with E-state index in [0.717, 1.165) is 63.8 Å². The van der Waals surface area contributed by atoms with Gasteiger partial charge in [0.2, 0.25) is 0 Å². The van der Waals surface area contributed by atoms with Crippen LogP contribution in [0.4, 0.5) is 10.5 Å². The summed E-state index contributed by atoms with van der Waals surface area (Å²) in [5.41, 5.74) is 7.54. The van der Waals surface area contributed by atoms with Crippen LogP contribution in [0.3, 0.4) is 0 Å². The number of aromatic nitrogens is 1. The lowest BCUT2D eigenvalue weighted by atomic mass is 9.99. The largest absolute Gasteiger partial charge is 0.331 e. The summed E-state index contributed by atoms with van der Waals surface area (Å²) in [6.45, 7) is 2.28. The fraction of sp³-hybridized carbons (Fsp3) is 0.455. The summed E-state index contributed by atoms with van der Waals surface area (Å²) in [6, 6.07) is 5.99. The van der Waals surface area contributed by atoms with Crippen molar-refractivity contribution >= 4 is 22.7 Å². The zero-order valence-corrected chi connectivity index (χ0v) is 17.3. The molecular weight excluding hydrogens is 384 g/mol. The van der Waals surface area contributed by atoms with Gasteiger partial charge in [-0.2, -0.15) is 0 Å². The van der Waals surface area contributed by atoms with Crippen molar-refractivity contribution in [1.82, 2.24) is 14.6 Å². The Morgan fingerprint density at radius 1 is 1.07 bits per heavy atom. The van der Waals surface area contributed by atoms with Crippen LogP contribution in [0.25, 0.3) is 0 Å². The van der Waals surface area contributed by atoms with E-state index in [2.05, 4.69) is 26.0 Å². The van der Waals surface area contributed by atoms with Gasteiger partial charge in [0.25, 0.3) is 0 Å². The van der Waals surface area contributed by atoms with Gasteiger partial charge in [0.05, 0.1) is 5.25 Å². The van der Waals surface area contributed by atoms with Gasteiger partial charge in [-0.3, -0.25) is 14.6 Å². The number of carbonyl (C=O) groups excluding carboxylic acids is 1. The van der Waals surface area contributed by atoms with Crippen molar-refractivity contribution in [3.05, 3.63) is 58.4 Å². The molecule has 1 unspecified atom stereocenters. The molecule has 3 aliphatic rings. The smallest absolute Gasteiger partial charge is 0.307 e. The molecule has 0 bridgehead atoms. The van der Waals surface area contributed by atoms with Gasteiger partial charge in [-0.05, 0) is 78.5 Å². The summed E-state index contributed by atoms with van der Waals surface area (Å²) in [7, 11) is -1.37. The van der Waals surface area contributed by atoms with Gasteiger partial charge in [0.15, 0.2) is 0 Å².